The molecular weight excluding hydrogens is 354 g/mol. The Balaban J connectivity index is 1.17. The zero-order valence-corrected chi connectivity index (χ0v) is 15.4. The lowest BCUT2D eigenvalue weighted by Gasteiger charge is -2.31. The first-order valence-electron chi connectivity index (χ1n) is 9.55. The number of carbonyl (C=O) groups is 1. The third-order valence-electron chi connectivity index (χ3n) is 5.35. The van der Waals surface area contributed by atoms with E-state index < -0.39 is 0 Å². The number of piperidine rings is 1. The Bertz CT molecular complexity index is 1090. The highest BCUT2D eigenvalue weighted by Gasteiger charge is 2.24. The van der Waals surface area contributed by atoms with E-state index in [9.17, 15) is 4.79 Å². The summed E-state index contributed by atoms with van der Waals surface area (Å²) in [7, 11) is 0. The molecule has 0 radical (unpaired) electrons. The molecule has 1 aliphatic rings. The van der Waals surface area contributed by atoms with Crippen LogP contribution in [-0.2, 0) is 0 Å². The number of imidazole rings is 1. The van der Waals surface area contributed by atoms with Gasteiger partial charge in [-0.25, -0.2) is 9.50 Å². The summed E-state index contributed by atoms with van der Waals surface area (Å²) in [5.74, 6) is 1.14. The first kappa shape index (κ1) is 16.8. The number of hydrogen-bond acceptors (Lipinski definition) is 4. The molecule has 7 heteroatoms. The quantitative estimate of drug-likeness (QED) is 0.550. The SMILES string of the molecule is O=C(c1cc2ccccn2c1)N1CCC(COc2ccc3nccn3n2)CC1. The van der Waals surface area contributed by atoms with Crippen LogP contribution in [0.25, 0.3) is 11.2 Å². The predicted molar refractivity (Wildman–Crippen MR) is 105 cm³/mol. The molecule has 5 rings (SSSR count). The number of amides is 1. The number of pyridine rings is 1. The van der Waals surface area contributed by atoms with Gasteiger partial charge in [-0.2, -0.15) is 0 Å². The lowest BCUT2D eigenvalue weighted by atomic mass is 9.97. The van der Waals surface area contributed by atoms with Crippen LogP contribution in [0.3, 0.4) is 0 Å². The highest BCUT2D eigenvalue weighted by atomic mass is 16.5. The molecule has 4 aromatic rings. The van der Waals surface area contributed by atoms with Gasteiger partial charge in [-0.1, -0.05) is 6.07 Å². The average Bonchev–Trinajstić information content (AvgIpc) is 3.38. The van der Waals surface area contributed by atoms with Gasteiger partial charge in [0.25, 0.3) is 5.91 Å². The van der Waals surface area contributed by atoms with Gasteiger partial charge in [0, 0.05) is 49.5 Å². The van der Waals surface area contributed by atoms with Gasteiger partial charge >= 0.3 is 0 Å². The molecule has 1 saturated heterocycles. The van der Waals surface area contributed by atoms with E-state index in [4.69, 9.17) is 4.74 Å². The maximum absolute atomic E-state index is 12.8. The molecule has 0 unspecified atom stereocenters. The second-order valence-electron chi connectivity index (χ2n) is 7.21. The van der Waals surface area contributed by atoms with Crippen molar-refractivity contribution in [2.24, 2.45) is 5.92 Å². The Morgan fingerprint density at radius 1 is 1.14 bits per heavy atom. The van der Waals surface area contributed by atoms with Gasteiger partial charge < -0.3 is 14.0 Å². The smallest absolute Gasteiger partial charge is 0.255 e. The minimum absolute atomic E-state index is 0.107. The second-order valence-corrected chi connectivity index (χ2v) is 7.21. The van der Waals surface area contributed by atoms with Gasteiger partial charge in [-0.05, 0) is 43.0 Å². The summed E-state index contributed by atoms with van der Waals surface area (Å²) in [4.78, 5) is 18.9. The Labute approximate surface area is 162 Å². The van der Waals surface area contributed by atoms with Gasteiger partial charge in [0.15, 0.2) is 5.65 Å². The minimum Gasteiger partial charge on any atom is -0.476 e. The first-order chi connectivity index (χ1) is 13.8. The van der Waals surface area contributed by atoms with Gasteiger partial charge in [0.05, 0.1) is 12.2 Å². The van der Waals surface area contributed by atoms with E-state index in [1.54, 1.807) is 16.9 Å². The third-order valence-corrected chi connectivity index (χ3v) is 5.35. The molecule has 1 fully saturated rings. The Hall–Kier alpha value is -3.35. The van der Waals surface area contributed by atoms with Crippen molar-refractivity contribution in [3.05, 3.63) is 66.7 Å². The summed E-state index contributed by atoms with van der Waals surface area (Å²) in [6, 6.07) is 11.6. The van der Waals surface area contributed by atoms with Crippen LogP contribution in [0.15, 0.2) is 61.2 Å². The van der Waals surface area contributed by atoms with E-state index in [2.05, 4.69) is 10.1 Å². The molecule has 142 valence electrons. The molecule has 1 aliphatic heterocycles. The molecular formula is C21H21N5O2. The number of hydrogen-bond donors (Lipinski definition) is 0. The largest absolute Gasteiger partial charge is 0.476 e. The molecule has 5 heterocycles. The van der Waals surface area contributed by atoms with Crippen molar-refractivity contribution < 1.29 is 9.53 Å². The molecule has 28 heavy (non-hydrogen) atoms. The van der Waals surface area contributed by atoms with Crippen molar-refractivity contribution in [3.8, 4) is 5.88 Å². The van der Waals surface area contributed by atoms with Gasteiger partial charge in [-0.15, -0.1) is 5.10 Å². The number of likely N-dealkylation sites (tertiary alicyclic amines) is 1. The molecule has 0 saturated carbocycles. The van der Waals surface area contributed by atoms with Crippen molar-refractivity contribution in [1.82, 2.24) is 23.9 Å². The fourth-order valence-electron chi connectivity index (χ4n) is 3.74. The Morgan fingerprint density at radius 2 is 2.04 bits per heavy atom. The maximum Gasteiger partial charge on any atom is 0.255 e. The molecule has 0 atom stereocenters. The first-order valence-corrected chi connectivity index (χ1v) is 9.55. The Kier molecular flexibility index (Phi) is 4.20. The van der Waals surface area contributed by atoms with E-state index in [0.29, 0.717) is 18.4 Å². The molecule has 0 aromatic carbocycles. The molecule has 1 amide bonds. The molecule has 0 bridgehead atoms. The number of rotatable bonds is 4. The van der Waals surface area contributed by atoms with Crippen molar-refractivity contribution >= 4 is 17.1 Å². The summed E-state index contributed by atoms with van der Waals surface area (Å²) < 4.78 is 9.57. The van der Waals surface area contributed by atoms with Crippen LogP contribution in [0.1, 0.15) is 23.2 Å². The lowest BCUT2D eigenvalue weighted by molar-refractivity contribution is 0.0659. The van der Waals surface area contributed by atoms with E-state index >= 15 is 0 Å². The molecule has 0 N–H and O–H groups in total. The van der Waals surface area contributed by atoms with Crippen molar-refractivity contribution in [3.63, 3.8) is 0 Å². The average molecular weight is 375 g/mol. The number of fused-ring (bicyclic) bond motifs is 2. The summed E-state index contributed by atoms with van der Waals surface area (Å²) in [5, 5.41) is 4.39. The molecule has 7 nitrogen and oxygen atoms in total. The summed E-state index contributed by atoms with van der Waals surface area (Å²) in [5.41, 5.74) is 2.59. The summed E-state index contributed by atoms with van der Waals surface area (Å²) in [6.07, 6.45) is 9.26. The van der Waals surface area contributed by atoms with Crippen LogP contribution in [-0.4, -0.2) is 49.5 Å². The van der Waals surface area contributed by atoms with Gasteiger partial charge in [0.1, 0.15) is 0 Å². The normalized spacial score (nSPS) is 15.4. The fourth-order valence-corrected chi connectivity index (χ4v) is 3.74. The monoisotopic (exact) mass is 375 g/mol. The second kappa shape index (κ2) is 6.99. The minimum atomic E-state index is 0.107. The fraction of sp³-hybridized carbons (Fsp3) is 0.286. The number of aromatic nitrogens is 4. The topological polar surface area (TPSA) is 64.1 Å². The van der Waals surface area contributed by atoms with Crippen LogP contribution in [0, 0.1) is 5.92 Å². The molecule has 0 aliphatic carbocycles. The highest BCUT2D eigenvalue weighted by molar-refractivity contribution is 5.95. The van der Waals surface area contributed by atoms with E-state index in [0.717, 1.165) is 42.7 Å². The number of carbonyl (C=O) groups excluding carboxylic acids is 1. The third kappa shape index (κ3) is 3.19. The maximum atomic E-state index is 12.8. The standard InChI is InChI=1S/C21H21N5O2/c27-21(17-13-18-3-1-2-9-25(18)14-17)24-10-6-16(7-11-24)15-28-20-5-4-19-22-8-12-26(19)23-20/h1-5,8-9,12-14,16H,6-7,10-11,15H2. The number of nitrogens with zero attached hydrogens (tertiary/aromatic N) is 5. The zero-order chi connectivity index (χ0) is 18.9. The molecule has 4 aromatic heterocycles. The Morgan fingerprint density at radius 3 is 2.89 bits per heavy atom. The van der Waals surface area contributed by atoms with Gasteiger partial charge in [0.2, 0.25) is 5.88 Å². The van der Waals surface area contributed by atoms with Crippen LogP contribution < -0.4 is 4.74 Å². The zero-order valence-electron chi connectivity index (χ0n) is 15.4. The van der Waals surface area contributed by atoms with E-state index in [1.165, 1.54) is 0 Å². The summed E-state index contributed by atoms with van der Waals surface area (Å²) in [6.45, 7) is 2.13. The van der Waals surface area contributed by atoms with E-state index in [1.807, 2.05) is 58.1 Å². The lowest BCUT2D eigenvalue weighted by Crippen LogP contribution is -2.39. The number of ether oxygens (including phenoxy) is 1. The van der Waals surface area contributed by atoms with Crippen LogP contribution >= 0.6 is 0 Å². The van der Waals surface area contributed by atoms with E-state index in [-0.39, 0.29) is 5.91 Å². The van der Waals surface area contributed by atoms with Crippen molar-refractivity contribution in [2.75, 3.05) is 19.7 Å². The summed E-state index contributed by atoms with van der Waals surface area (Å²) >= 11 is 0. The predicted octanol–water partition coefficient (Wildman–Crippen LogP) is 2.91. The van der Waals surface area contributed by atoms with Crippen molar-refractivity contribution in [2.45, 2.75) is 12.8 Å². The highest BCUT2D eigenvalue weighted by Crippen LogP contribution is 2.21. The van der Waals surface area contributed by atoms with Crippen LogP contribution in [0.5, 0.6) is 5.88 Å². The van der Waals surface area contributed by atoms with Crippen LogP contribution in [0.2, 0.25) is 0 Å². The van der Waals surface area contributed by atoms with Crippen molar-refractivity contribution in [1.29, 1.82) is 0 Å². The van der Waals surface area contributed by atoms with Gasteiger partial charge in [-0.3, -0.25) is 4.79 Å². The molecule has 0 spiro atoms. The van der Waals surface area contributed by atoms with Crippen LogP contribution in [0.4, 0.5) is 0 Å².